The van der Waals surface area contributed by atoms with Crippen LogP contribution in [0.4, 0.5) is 0 Å². The molecule has 0 spiro atoms. The van der Waals surface area contributed by atoms with Gasteiger partial charge >= 0.3 is 5.97 Å². The number of amides is 1. The van der Waals surface area contributed by atoms with E-state index in [1.165, 1.54) is 5.39 Å². The molecule has 0 atom stereocenters. The van der Waals surface area contributed by atoms with Crippen molar-refractivity contribution in [2.75, 3.05) is 0 Å². The first-order valence-corrected chi connectivity index (χ1v) is 13.5. The van der Waals surface area contributed by atoms with Crippen LogP contribution in [0.15, 0.2) is 115 Å². The van der Waals surface area contributed by atoms with E-state index in [0.29, 0.717) is 5.56 Å². The van der Waals surface area contributed by atoms with Crippen LogP contribution in [0.1, 0.15) is 45.7 Å². The number of carbonyl (C=O) groups excluding carboxylic acids is 1. The minimum Gasteiger partial charge on any atom is -0.478 e. The van der Waals surface area contributed by atoms with E-state index in [4.69, 9.17) is 5.10 Å². The Labute approximate surface area is 237 Å². The van der Waals surface area contributed by atoms with Crippen LogP contribution in [0.2, 0.25) is 0 Å². The lowest BCUT2D eigenvalue weighted by atomic mass is 9.91. The number of rotatable bonds is 7. The summed E-state index contributed by atoms with van der Waals surface area (Å²) in [6.07, 6.45) is 1.83. The molecule has 0 radical (unpaired) electrons. The van der Waals surface area contributed by atoms with Gasteiger partial charge in [0.15, 0.2) is 0 Å². The molecule has 0 saturated carbocycles. The highest BCUT2D eigenvalue weighted by Crippen LogP contribution is 2.35. The molecule has 0 unspecified atom stereocenters. The second kappa shape index (κ2) is 10.4. The molecule has 1 heterocycles. The van der Waals surface area contributed by atoms with Crippen molar-refractivity contribution in [3.63, 3.8) is 0 Å². The Hall–Kier alpha value is -5.23. The fourth-order valence-electron chi connectivity index (χ4n) is 5.30. The van der Waals surface area contributed by atoms with Crippen LogP contribution in [-0.2, 0) is 12.1 Å². The summed E-state index contributed by atoms with van der Waals surface area (Å²) in [5.74, 6) is -1.21. The maximum Gasteiger partial charge on any atom is 0.335 e. The molecule has 6 heteroatoms. The lowest BCUT2D eigenvalue weighted by Crippen LogP contribution is -2.30. The number of benzene rings is 5. The largest absolute Gasteiger partial charge is 0.478 e. The van der Waals surface area contributed by atoms with Gasteiger partial charge in [-0.1, -0.05) is 78.9 Å². The Morgan fingerprint density at radius 3 is 2.22 bits per heavy atom. The average molecular weight is 540 g/mol. The Balaban J connectivity index is 1.43. The van der Waals surface area contributed by atoms with Crippen LogP contribution in [0.5, 0.6) is 0 Å². The van der Waals surface area contributed by atoms with Crippen LogP contribution < -0.4 is 5.32 Å². The molecule has 41 heavy (non-hydrogen) atoms. The third kappa shape index (κ3) is 4.96. The van der Waals surface area contributed by atoms with Gasteiger partial charge in [-0.05, 0) is 77.2 Å². The fourth-order valence-corrected chi connectivity index (χ4v) is 5.30. The smallest absolute Gasteiger partial charge is 0.335 e. The first kappa shape index (κ1) is 26.0. The minimum absolute atomic E-state index is 0.206. The molecule has 6 nitrogen and oxygen atoms in total. The van der Waals surface area contributed by atoms with Gasteiger partial charge in [0.25, 0.3) is 5.91 Å². The number of carboxylic acid groups (broad SMARTS) is 1. The Bertz CT molecular complexity index is 1910. The molecule has 2 N–H and O–H groups in total. The van der Waals surface area contributed by atoms with Crippen molar-refractivity contribution in [1.82, 2.24) is 15.1 Å². The fraction of sp³-hybridized carbons (Fsp3) is 0.114. The summed E-state index contributed by atoms with van der Waals surface area (Å²) in [6.45, 7) is 4.48. The Morgan fingerprint density at radius 1 is 0.780 bits per heavy atom. The van der Waals surface area contributed by atoms with Gasteiger partial charge in [-0.3, -0.25) is 9.48 Å². The molecule has 1 aromatic heterocycles. The number of fused-ring (bicyclic) bond motifs is 2. The highest BCUT2D eigenvalue weighted by atomic mass is 16.4. The van der Waals surface area contributed by atoms with Gasteiger partial charge in [-0.15, -0.1) is 0 Å². The van der Waals surface area contributed by atoms with Crippen LogP contribution in [-0.4, -0.2) is 26.8 Å². The molecular formula is C35H29N3O3. The number of nitrogens with one attached hydrogen (secondary N) is 1. The number of hydrogen-bond donors (Lipinski definition) is 2. The zero-order valence-electron chi connectivity index (χ0n) is 22.8. The van der Waals surface area contributed by atoms with Crippen molar-refractivity contribution in [2.45, 2.75) is 25.9 Å². The van der Waals surface area contributed by atoms with E-state index < -0.39 is 11.5 Å². The van der Waals surface area contributed by atoms with Crippen molar-refractivity contribution in [3.8, 4) is 11.1 Å². The number of hydrogen-bond acceptors (Lipinski definition) is 3. The van der Waals surface area contributed by atoms with Crippen molar-refractivity contribution < 1.29 is 14.7 Å². The van der Waals surface area contributed by atoms with E-state index in [1.54, 1.807) is 24.3 Å². The average Bonchev–Trinajstić information content (AvgIpc) is 3.45. The molecule has 0 saturated heterocycles. The summed E-state index contributed by atoms with van der Waals surface area (Å²) in [5.41, 5.74) is 4.75. The van der Waals surface area contributed by atoms with Crippen molar-refractivity contribution in [3.05, 3.63) is 138 Å². The minimum atomic E-state index is -0.983. The van der Waals surface area contributed by atoms with Gasteiger partial charge in [-0.2, -0.15) is 5.10 Å². The van der Waals surface area contributed by atoms with Crippen molar-refractivity contribution in [2.24, 2.45) is 0 Å². The first-order chi connectivity index (χ1) is 19.8. The molecule has 6 aromatic rings. The summed E-state index contributed by atoms with van der Waals surface area (Å²) in [7, 11) is 0. The lowest BCUT2D eigenvalue weighted by molar-refractivity contribution is 0.0696. The molecule has 6 rings (SSSR count). The van der Waals surface area contributed by atoms with E-state index in [1.807, 2.05) is 59.4 Å². The summed E-state index contributed by atoms with van der Waals surface area (Å²) < 4.78 is 1.94. The van der Waals surface area contributed by atoms with Crippen LogP contribution in [0.25, 0.3) is 32.8 Å². The van der Waals surface area contributed by atoms with Gasteiger partial charge in [0.1, 0.15) is 0 Å². The van der Waals surface area contributed by atoms with E-state index in [-0.39, 0.29) is 18.0 Å². The second-order valence-electron chi connectivity index (χ2n) is 10.7. The summed E-state index contributed by atoms with van der Waals surface area (Å²) in [6, 6.07) is 35.2. The normalized spacial score (nSPS) is 11.6. The topological polar surface area (TPSA) is 84.2 Å². The number of aromatic carboxylic acids is 1. The third-order valence-electron chi connectivity index (χ3n) is 7.65. The number of nitrogens with zero attached hydrogens (tertiary/aromatic N) is 2. The van der Waals surface area contributed by atoms with Gasteiger partial charge in [0.2, 0.25) is 0 Å². The zero-order valence-corrected chi connectivity index (χ0v) is 22.8. The molecular weight excluding hydrogens is 510 g/mol. The molecule has 0 aliphatic heterocycles. The molecule has 1 amide bonds. The van der Waals surface area contributed by atoms with E-state index in [0.717, 1.165) is 38.5 Å². The van der Waals surface area contributed by atoms with Crippen LogP contribution in [0.3, 0.4) is 0 Å². The predicted octanol–water partition coefficient (Wildman–Crippen LogP) is 7.27. The standard InChI is InChI=1S/C35H29N3O3/c1-35(2,30-17-16-25-10-6-7-11-27(25)19-30)38-32-29(22-37-38)18-28(24-8-4-3-5-9-24)20-31(32)33(39)36-21-23-12-14-26(15-13-23)34(40)41/h3-20,22H,21H2,1-2H3,(H,36,39)(H,40,41). The summed E-state index contributed by atoms with van der Waals surface area (Å²) in [4.78, 5) is 25.0. The van der Waals surface area contributed by atoms with E-state index in [9.17, 15) is 14.7 Å². The maximum absolute atomic E-state index is 13.8. The second-order valence-corrected chi connectivity index (χ2v) is 10.7. The molecule has 0 fully saturated rings. The molecule has 0 bridgehead atoms. The van der Waals surface area contributed by atoms with Gasteiger partial charge in [0.05, 0.1) is 28.4 Å². The molecule has 5 aromatic carbocycles. The van der Waals surface area contributed by atoms with E-state index >= 15 is 0 Å². The van der Waals surface area contributed by atoms with Crippen LogP contribution >= 0.6 is 0 Å². The van der Waals surface area contributed by atoms with Crippen LogP contribution in [0, 0.1) is 0 Å². The lowest BCUT2D eigenvalue weighted by Gasteiger charge is -2.28. The monoisotopic (exact) mass is 539 g/mol. The number of carboxylic acids is 1. The molecule has 0 aliphatic carbocycles. The Morgan fingerprint density at radius 2 is 1.49 bits per heavy atom. The third-order valence-corrected chi connectivity index (χ3v) is 7.65. The SMILES string of the molecule is CC(C)(c1ccc2ccccc2c1)n1ncc2cc(-c3ccccc3)cc(C(=O)NCc3ccc(C(=O)O)cc3)c21. The zero-order chi connectivity index (χ0) is 28.6. The highest BCUT2D eigenvalue weighted by Gasteiger charge is 2.28. The quantitative estimate of drug-likeness (QED) is 0.223. The number of aromatic nitrogens is 2. The van der Waals surface area contributed by atoms with E-state index in [2.05, 4.69) is 55.6 Å². The van der Waals surface area contributed by atoms with Crippen molar-refractivity contribution >= 4 is 33.6 Å². The highest BCUT2D eigenvalue weighted by molar-refractivity contribution is 6.07. The molecule has 0 aliphatic rings. The summed E-state index contributed by atoms with van der Waals surface area (Å²) >= 11 is 0. The Kier molecular flexibility index (Phi) is 6.59. The predicted molar refractivity (Wildman–Crippen MR) is 162 cm³/mol. The summed E-state index contributed by atoms with van der Waals surface area (Å²) in [5, 5.41) is 20.2. The first-order valence-electron chi connectivity index (χ1n) is 13.5. The van der Waals surface area contributed by atoms with Gasteiger partial charge in [-0.25, -0.2) is 4.79 Å². The van der Waals surface area contributed by atoms with Crippen molar-refractivity contribution in [1.29, 1.82) is 0 Å². The van der Waals surface area contributed by atoms with Gasteiger partial charge in [0, 0.05) is 11.9 Å². The number of carbonyl (C=O) groups is 2. The van der Waals surface area contributed by atoms with Gasteiger partial charge < -0.3 is 10.4 Å². The maximum atomic E-state index is 13.8. The molecule has 202 valence electrons.